The largest absolute Gasteiger partial charge is 0.412 e. The van der Waals surface area contributed by atoms with Crippen molar-refractivity contribution in [1.29, 1.82) is 0 Å². The van der Waals surface area contributed by atoms with Crippen molar-refractivity contribution in [2.45, 2.75) is 0 Å². The van der Waals surface area contributed by atoms with Crippen LogP contribution in [0.2, 0.25) is 0 Å². The van der Waals surface area contributed by atoms with Crippen molar-refractivity contribution in [3.63, 3.8) is 0 Å². The lowest BCUT2D eigenvalue weighted by molar-refractivity contribution is 0.0990. The minimum atomic E-state index is -1.73. The van der Waals surface area contributed by atoms with Crippen molar-refractivity contribution in [2.75, 3.05) is 5.32 Å². The minimum Gasteiger partial charge on any atom is -0.412 e. The molecular weight excluding hydrogens is 330 g/mol. The van der Waals surface area contributed by atoms with Crippen molar-refractivity contribution in [3.05, 3.63) is 65.6 Å². The van der Waals surface area contributed by atoms with E-state index in [2.05, 4.69) is 10.2 Å². The number of rotatable bonds is 3. The second kappa shape index (κ2) is 6.11. The number of hydrogen-bond donors (Lipinski definition) is 1. The van der Waals surface area contributed by atoms with Gasteiger partial charge in [0.2, 0.25) is 0 Å². The van der Waals surface area contributed by atoms with Crippen LogP contribution in [0.3, 0.4) is 0 Å². The molecule has 1 aromatic heterocycles. The Labute approximate surface area is 131 Å². The van der Waals surface area contributed by atoms with Crippen LogP contribution >= 0.6 is 0 Å². The number of aromatic nitrogens is 2. The molecule has 2 aromatic carbocycles. The normalized spacial score (nSPS) is 10.7. The van der Waals surface area contributed by atoms with E-state index in [1.807, 2.05) is 5.32 Å². The summed E-state index contributed by atoms with van der Waals surface area (Å²) in [6.07, 6.45) is 0. The van der Waals surface area contributed by atoms with E-state index < -0.39 is 40.8 Å². The number of carbonyl (C=O) groups excluding carboxylic acids is 1. The van der Waals surface area contributed by atoms with Crippen molar-refractivity contribution in [3.8, 4) is 11.5 Å². The van der Waals surface area contributed by atoms with Crippen molar-refractivity contribution < 1.29 is 26.8 Å². The highest BCUT2D eigenvalue weighted by molar-refractivity contribution is 6.01. The van der Waals surface area contributed by atoms with Gasteiger partial charge in [0.05, 0.1) is 11.3 Å². The van der Waals surface area contributed by atoms with Gasteiger partial charge in [0.1, 0.15) is 5.82 Å². The summed E-state index contributed by atoms with van der Waals surface area (Å²) in [6.45, 7) is 0. The maximum absolute atomic E-state index is 13.6. The van der Waals surface area contributed by atoms with Crippen LogP contribution in [0.15, 0.2) is 40.8 Å². The smallest absolute Gasteiger partial charge is 0.313 e. The molecule has 0 atom stereocenters. The molecule has 122 valence electrons. The zero-order chi connectivity index (χ0) is 17.3. The third-order valence-electron chi connectivity index (χ3n) is 3.01. The third-order valence-corrected chi connectivity index (χ3v) is 3.01. The van der Waals surface area contributed by atoms with Gasteiger partial charge in [-0.1, -0.05) is 12.1 Å². The maximum Gasteiger partial charge on any atom is 0.313 e. The molecule has 0 aliphatic rings. The summed E-state index contributed by atoms with van der Waals surface area (Å²) in [5.74, 6) is -7.26. The number of halogens is 4. The summed E-state index contributed by atoms with van der Waals surface area (Å²) < 4.78 is 58.1. The van der Waals surface area contributed by atoms with Crippen LogP contribution in [0, 0.1) is 23.3 Å². The number of amides is 1. The molecule has 24 heavy (non-hydrogen) atoms. The predicted molar refractivity (Wildman–Crippen MR) is 74.0 cm³/mol. The highest BCUT2D eigenvalue weighted by Crippen LogP contribution is 2.23. The second-order valence-corrected chi connectivity index (χ2v) is 4.57. The SMILES string of the molecule is O=C(Nc1ccc(F)c(F)c1F)c1nnc(-c2ccccc2F)o1. The monoisotopic (exact) mass is 337 g/mol. The molecule has 1 N–H and O–H groups in total. The maximum atomic E-state index is 13.6. The fourth-order valence-corrected chi connectivity index (χ4v) is 1.86. The van der Waals surface area contributed by atoms with Crippen LogP contribution in [0.1, 0.15) is 10.7 Å². The van der Waals surface area contributed by atoms with E-state index in [0.717, 1.165) is 12.1 Å². The molecule has 0 aliphatic heterocycles. The van der Waals surface area contributed by atoms with Gasteiger partial charge >= 0.3 is 11.8 Å². The molecule has 0 saturated carbocycles. The summed E-state index contributed by atoms with van der Waals surface area (Å²) in [5.41, 5.74) is -0.632. The molecule has 0 bridgehead atoms. The lowest BCUT2D eigenvalue weighted by atomic mass is 10.2. The third kappa shape index (κ3) is 2.83. The summed E-state index contributed by atoms with van der Waals surface area (Å²) in [7, 11) is 0. The van der Waals surface area contributed by atoms with Gasteiger partial charge in [-0.25, -0.2) is 17.6 Å². The summed E-state index contributed by atoms with van der Waals surface area (Å²) in [4.78, 5) is 11.9. The zero-order valence-corrected chi connectivity index (χ0v) is 11.7. The molecule has 0 saturated heterocycles. The quantitative estimate of drug-likeness (QED) is 0.586. The average molecular weight is 337 g/mol. The van der Waals surface area contributed by atoms with Gasteiger partial charge in [-0.05, 0) is 24.3 Å². The lowest BCUT2D eigenvalue weighted by Crippen LogP contribution is -2.14. The molecule has 0 aliphatic carbocycles. The van der Waals surface area contributed by atoms with Crippen LogP contribution < -0.4 is 5.32 Å². The van der Waals surface area contributed by atoms with Gasteiger partial charge in [-0.2, -0.15) is 0 Å². The number of benzene rings is 2. The molecule has 3 aromatic rings. The summed E-state index contributed by atoms with van der Waals surface area (Å²) >= 11 is 0. The molecule has 9 heteroatoms. The Morgan fingerprint density at radius 3 is 2.42 bits per heavy atom. The number of nitrogens with zero attached hydrogens (tertiary/aromatic N) is 2. The van der Waals surface area contributed by atoms with E-state index in [1.54, 1.807) is 0 Å². The topological polar surface area (TPSA) is 68.0 Å². The number of carbonyl (C=O) groups is 1. The molecule has 0 spiro atoms. The molecular formula is C15H7F4N3O2. The van der Waals surface area contributed by atoms with Gasteiger partial charge in [0.25, 0.3) is 5.89 Å². The molecule has 1 heterocycles. The zero-order valence-electron chi connectivity index (χ0n) is 11.7. The van der Waals surface area contributed by atoms with E-state index in [1.165, 1.54) is 18.2 Å². The minimum absolute atomic E-state index is 0.0249. The standard InChI is InChI=1S/C15H7F4N3O2/c16-8-4-2-1-3-7(8)14-21-22-15(24-14)13(23)20-10-6-5-9(17)11(18)12(10)19/h1-6H,(H,20,23). The Morgan fingerprint density at radius 2 is 1.67 bits per heavy atom. The Morgan fingerprint density at radius 1 is 0.917 bits per heavy atom. The lowest BCUT2D eigenvalue weighted by Gasteiger charge is -2.04. The summed E-state index contributed by atoms with van der Waals surface area (Å²) in [5, 5.41) is 8.90. The molecule has 0 radical (unpaired) electrons. The average Bonchev–Trinajstić information content (AvgIpc) is 3.06. The van der Waals surface area contributed by atoms with Gasteiger partial charge in [-0.15, -0.1) is 10.2 Å². The fourth-order valence-electron chi connectivity index (χ4n) is 1.86. The first-order valence-corrected chi connectivity index (χ1v) is 6.50. The van der Waals surface area contributed by atoms with Gasteiger partial charge in [0, 0.05) is 0 Å². The molecule has 1 amide bonds. The first-order valence-electron chi connectivity index (χ1n) is 6.50. The molecule has 0 fully saturated rings. The first kappa shape index (κ1) is 15.7. The van der Waals surface area contributed by atoms with Gasteiger partial charge in [-0.3, -0.25) is 4.79 Å². The number of hydrogen-bond acceptors (Lipinski definition) is 4. The van der Waals surface area contributed by atoms with E-state index in [4.69, 9.17) is 4.42 Å². The van der Waals surface area contributed by atoms with E-state index in [0.29, 0.717) is 6.07 Å². The van der Waals surface area contributed by atoms with Crippen LogP contribution in [-0.4, -0.2) is 16.1 Å². The van der Waals surface area contributed by atoms with Crippen LogP contribution in [-0.2, 0) is 0 Å². The van der Waals surface area contributed by atoms with Crippen LogP contribution in [0.5, 0.6) is 0 Å². The highest BCUT2D eigenvalue weighted by Gasteiger charge is 2.21. The Hall–Kier alpha value is -3.23. The van der Waals surface area contributed by atoms with Crippen molar-refractivity contribution >= 4 is 11.6 Å². The Bertz CT molecular complexity index is 927. The van der Waals surface area contributed by atoms with Crippen molar-refractivity contribution in [2.24, 2.45) is 0 Å². The Balaban J connectivity index is 1.85. The first-order chi connectivity index (χ1) is 11.5. The summed E-state index contributed by atoms with van der Waals surface area (Å²) in [6, 6.07) is 6.98. The molecule has 5 nitrogen and oxygen atoms in total. The van der Waals surface area contributed by atoms with Gasteiger partial charge in [0.15, 0.2) is 17.5 Å². The van der Waals surface area contributed by atoms with E-state index in [-0.39, 0.29) is 11.5 Å². The number of anilines is 1. The van der Waals surface area contributed by atoms with E-state index >= 15 is 0 Å². The van der Waals surface area contributed by atoms with Gasteiger partial charge < -0.3 is 9.73 Å². The second-order valence-electron chi connectivity index (χ2n) is 4.57. The number of nitrogens with one attached hydrogen (secondary N) is 1. The Kier molecular flexibility index (Phi) is 3.98. The van der Waals surface area contributed by atoms with E-state index in [9.17, 15) is 22.4 Å². The fraction of sp³-hybridized carbons (Fsp3) is 0. The predicted octanol–water partition coefficient (Wildman–Crippen LogP) is 3.55. The van der Waals surface area contributed by atoms with Crippen molar-refractivity contribution in [1.82, 2.24) is 10.2 Å². The van der Waals surface area contributed by atoms with Crippen LogP contribution in [0.4, 0.5) is 23.2 Å². The molecule has 0 unspecified atom stereocenters. The molecule has 3 rings (SSSR count). The highest BCUT2D eigenvalue weighted by atomic mass is 19.2. The van der Waals surface area contributed by atoms with Crippen LogP contribution in [0.25, 0.3) is 11.5 Å².